The Morgan fingerprint density at radius 1 is 0.935 bits per heavy atom. The zero-order valence-corrected chi connectivity index (χ0v) is 19.1. The minimum absolute atomic E-state index is 0.179. The summed E-state index contributed by atoms with van der Waals surface area (Å²) < 4.78 is 0. The van der Waals surface area contributed by atoms with Gasteiger partial charge in [-0.25, -0.2) is 9.69 Å². The van der Waals surface area contributed by atoms with Gasteiger partial charge in [-0.15, -0.1) is 0 Å². The van der Waals surface area contributed by atoms with Crippen molar-refractivity contribution in [3.8, 4) is 0 Å². The first-order valence-corrected chi connectivity index (χ1v) is 11.4. The average Bonchev–Trinajstić information content (AvgIpc) is 3.01. The molecular formula is C26H35N3O2. The molecule has 3 amide bonds. The molecule has 5 heteroatoms. The van der Waals surface area contributed by atoms with Crippen molar-refractivity contribution >= 4 is 11.9 Å². The third kappa shape index (κ3) is 5.53. The van der Waals surface area contributed by atoms with E-state index in [0.29, 0.717) is 13.1 Å². The van der Waals surface area contributed by atoms with Gasteiger partial charge in [0, 0.05) is 6.42 Å². The first-order chi connectivity index (χ1) is 15.0. The number of carbonyl (C=O) groups is 2. The van der Waals surface area contributed by atoms with E-state index in [9.17, 15) is 9.59 Å². The maximum absolute atomic E-state index is 13.7. The molecule has 1 atom stereocenters. The van der Waals surface area contributed by atoms with Gasteiger partial charge in [0.25, 0.3) is 5.91 Å². The highest BCUT2D eigenvalue weighted by molar-refractivity contribution is 6.07. The van der Waals surface area contributed by atoms with Gasteiger partial charge in [-0.3, -0.25) is 9.69 Å². The second-order valence-corrected chi connectivity index (χ2v) is 8.73. The number of nitrogens with zero attached hydrogens (tertiary/aromatic N) is 2. The lowest BCUT2D eigenvalue weighted by molar-refractivity contribution is -0.133. The Morgan fingerprint density at radius 2 is 1.61 bits per heavy atom. The van der Waals surface area contributed by atoms with E-state index in [1.165, 1.54) is 36.1 Å². The first-order valence-electron chi connectivity index (χ1n) is 11.4. The molecule has 0 spiro atoms. The summed E-state index contributed by atoms with van der Waals surface area (Å²) in [4.78, 5) is 30.0. The number of rotatable bonds is 11. The van der Waals surface area contributed by atoms with Crippen LogP contribution in [0.3, 0.4) is 0 Å². The largest absolute Gasteiger partial charge is 0.326 e. The molecule has 1 aliphatic heterocycles. The van der Waals surface area contributed by atoms with Crippen LogP contribution in [0.5, 0.6) is 0 Å². The van der Waals surface area contributed by atoms with Crippen LogP contribution in [0, 0.1) is 6.92 Å². The molecule has 1 unspecified atom stereocenters. The van der Waals surface area contributed by atoms with Crippen LogP contribution in [0.1, 0.15) is 55.7 Å². The summed E-state index contributed by atoms with van der Waals surface area (Å²) >= 11 is 0. The normalized spacial score (nSPS) is 18.6. The van der Waals surface area contributed by atoms with Crippen molar-refractivity contribution in [2.24, 2.45) is 0 Å². The monoisotopic (exact) mass is 421 g/mol. The molecular weight excluding hydrogens is 386 g/mol. The fraction of sp³-hybridized carbons (Fsp3) is 0.462. The van der Waals surface area contributed by atoms with Gasteiger partial charge in [0.05, 0.1) is 6.67 Å². The van der Waals surface area contributed by atoms with E-state index in [1.807, 2.05) is 68.6 Å². The Kier molecular flexibility index (Phi) is 7.85. The molecule has 1 aliphatic rings. The highest BCUT2D eigenvalue weighted by Gasteiger charge is 2.52. The Bertz CT molecular complexity index is 866. The van der Waals surface area contributed by atoms with Crippen molar-refractivity contribution < 1.29 is 9.59 Å². The molecule has 1 N–H and O–H groups in total. The highest BCUT2D eigenvalue weighted by Crippen LogP contribution is 2.33. The topological polar surface area (TPSA) is 52.6 Å². The second-order valence-electron chi connectivity index (χ2n) is 8.73. The second kappa shape index (κ2) is 10.6. The van der Waals surface area contributed by atoms with Crippen molar-refractivity contribution in [3.63, 3.8) is 0 Å². The molecule has 2 aromatic carbocycles. The maximum Gasteiger partial charge on any atom is 0.326 e. The van der Waals surface area contributed by atoms with Crippen molar-refractivity contribution in [2.45, 2.75) is 57.9 Å². The number of unbranched alkanes of at least 4 members (excludes halogenated alkanes) is 4. The lowest BCUT2D eigenvalue weighted by Crippen LogP contribution is -2.47. The summed E-state index contributed by atoms with van der Waals surface area (Å²) in [6.07, 6.45) is 6.41. The lowest BCUT2D eigenvalue weighted by atomic mass is 9.83. The smallest absolute Gasteiger partial charge is 0.319 e. The zero-order chi connectivity index (χ0) is 22.3. The number of urea groups is 1. The van der Waals surface area contributed by atoms with Crippen LogP contribution >= 0.6 is 0 Å². The van der Waals surface area contributed by atoms with E-state index in [-0.39, 0.29) is 11.9 Å². The number of carbonyl (C=O) groups excluding carboxylic acids is 2. The summed E-state index contributed by atoms with van der Waals surface area (Å²) in [5.74, 6) is -0.179. The van der Waals surface area contributed by atoms with Crippen molar-refractivity contribution in [1.29, 1.82) is 0 Å². The van der Waals surface area contributed by atoms with Crippen LogP contribution in [0.2, 0.25) is 0 Å². The van der Waals surface area contributed by atoms with E-state index < -0.39 is 5.54 Å². The standard InChI is InChI=1S/C26H35N3O2/c1-4-5-6-7-11-18-28(3)20-29-24(30)26(27-25(29)31,23-12-9-8-10-13-23)19-22-16-14-21(2)15-17-22/h8-10,12-17H,4-7,11,18-20H2,1-3H3,(H,27,31). The molecule has 31 heavy (non-hydrogen) atoms. The molecule has 0 aromatic heterocycles. The molecule has 1 fully saturated rings. The van der Waals surface area contributed by atoms with Gasteiger partial charge in [-0.05, 0) is 38.1 Å². The number of amides is 3. The van der Waals surface area contributed by atoms with Gasteiger partial charge in [0.2, 0.25) is 0 Å². The number of imide groups is 1. The Labute approximate surface area is 186 Å². The molecule has 0 bridgehead atoms. The van der Waals surface area contributed by atoms with Gasteiger partial charge in [-0.2, -0.15) is 0 Å². The SMILES string of the molecule is CCCCCCCN(C)CN1C(=O)NC(Cc2ccc(C)cc2)(c2ccccc2)C1=O. The molecule has 1 saturated heterocycles. The predicted molar refractivity (Wildman–Crippen MR) is 125 cm³/mol. The molecule has 5 nitrogen and oxygen atoms in total. The van der Waals surface area contributed by atoms with Crippen LogP contribution < -0.4 is 5.32 Å². The Hall–Kier alpha value is -2.66. The van der Waals surface area contributed by atoms with Crippen molar-refractivity contribution in [3.05, 3.63) is 71.3 Å². The maximum atomic E-state index is 13.7. The van der Waals surface area contributed by atoms with E-state index in [1.54, 1.807) is 0 Å². The first kappa shape index (κ1) is 23.0. The number of benzene rings is 2. The Balaban J connectivity index is 1.77. The quantitative estimate of drug-likeness (QED) is 0.417. The fourth-order valence-electron chi connectivity index (χ4n) is 4.20. The van der Waals surface area contributed by atoms with Gasteiger partial charge < -0.3 is 5.32 Å². The van der Waals surface area contributed by atoms with Gasteiger partial charge in [-0.1, -0.05) is 92.8 Å². The predicted octanol–water partition coefficient (Wildman–Crippen LogP) is 4.84. The molecule has 0 aliphatic carbocycles. The van der Waals surface area contributed by atoms with Crippen molar-refractivity contribution in [1.82, 2.24) is 15.1 Å². The van der Waals surface area contributed by atoms with Gasteiger partial charge in [0.1, 0.15) is 0 Å². The molecule has 0 radical (unpaired) electrons. The molecule has 2 aromatic rings. The minimum atomic E-state index is -1.07. The van der Waals surface area contributed by atoms with E-state index in [0.717, 1.165) is 24.1 Å². The summed E-state index contributed by atoms with van der Waals surface area (Å²) in [6, 6.07) is 17.4. The molecule has 3 rings (SSSR count). The third-order valence-electron chi connectivity index (χ3n) is 6.06. The summed E-state index contributed by atoms with van der Waals surface area (Å²) in [5, 5.41) is 3.05. The minimum Gasteiger partial charge on any atom is -0.319 e. The van der Waals surface area contributed by atoms with Crippen LogP contribution in [0.4, 0.5) is 4.79 Å². The average molecular weight is 422 g/mol. The van der Waals surface area contributed by atoms with Crippen molar-refractivity contribution in [2.75, 3.05) is 20.3 Å². The lowest BCUT2D eigenvalue weighted by Gasteiger charge is -2.28. The number of nitrogens with one attached hydrogen (secondary N) is 1. The van der Waals surface area contributed by atoms with E-state index in [4.69, 9.17) is 0 Å². The van der Waals surface area contributed by atoms with Gasteiger partial charge >= 0.3 is 6.03 Å². The third-order valence-corrected chi connectivity index (χ3v) is 6.06. The number of aryl methyl sites for hydroxylation is 1. The van der Waals surface area contributed by atoms with Crippen LogP contribution in [-0.4, -0.2) is 42.0 Å². The summed E-state index contributed by atoms with van der Waals surface area (Å²) in [5.41, 5.74) is 1.93. The van der Waals surface area contributed by atoms with E-state index >= 15 is 0 Å². The van der Waals surface area contributed by atoms with E-state index in [2.05, 4.69) is 17.1 Å². The molecule has 0 saturated carbocycles. The fourth-order valence-corrected chi connectivity index (χ4v) is 4.20. The summed E-state index contributed by atoms with van der Waals surface area (Å²) in [6.45, 7) is 5.43. The van der Waals surface area contributed by atoms with Crippen LogP contribution in [0.25, 0.3) is 0 Å². The van der Waals surface area contributed by atoms with Crippen LogP contribution in [-0.2, 0) is 16.8 Å². The number of hydrogen-bond donors (Lipinski definition) is 1. The van der Waals surface area contributed by atoms with Crippen LogP contribution in [0.15, 0.2) is 54.6 Å². The van der Waals surface area contributed by atoms with Gasteiger partial charge in [0.15, 0.2) is 5.54 Å². The highest BCUT2D eigenvalue weighted by atomic mass is 16.2. The summed E-state index contributed by atoms with van der Waals surface area (Å²) in [7, 11) is 1.98. The molecule has 166 valence electrons. The number of hydrogen-bond acceptors (Lipinski definition) is 3. The molecule has 1 heterocycles. The zero-order valence-electron chi connectivity index (χ0n) is 19.1. The Morgan fingerprint density at radius 3 is 2.29 bits per heavy atom.